The van der Waals surface area contributed by atoms with E-state index >= 15 is 0 Å². The van der Waals surface area contributed by atoms with E-state index in [0.29, 0.717) is 12.0 Å². The third kappa shape index (κ3) is 3.91. The van der Waals surface area contributed by atoms with Crippen molar-refractivity contribution in [2.24, 2.45) is 0 Å². The number of likely N-dealkylation sites (N-methyl/N-ethyl adjacent to an activating group) is 1. The summed E-state index contributed by atoms with van der Waals surface area (Å²) < 4.78 is 4.56. The fourth-order valence-corrected chi connectivity index (χ4v) is 4.21. The minimum Gasteiger partial charge on any atom is -0.493 e. The first-order valence-electron chi connectivity index (χ1n) is 9.67. The summed E-state index contributed by atoms with van der Waals surface area (Å²) in [6.07, 6.45) is 4.43. The second-order valence-corrected chi connectivity index (χ2v) is 7.60. The summed E-state index contributed by atoms with van der Waals surface area (Å²) in [4.78, 5) is 27.1. The third-order valence-corrected chi connectivity index (χ3v) is 5.86. The first kappa shape index (κ1) is 21.8. The topological polar surface area (TPSA) is 49.9 Å². The van der Waals surface area contributed by atoms with Crippen LogP contribution in [0.4, 0.5) is 0 Å². The van der Waals surface area contributed by atoms with Crippen molar-refractivity contribution in [1.29, 1.82) is 0 Å². The van der Waals surface area contributed by atoms with Crippen LogP contribution in [0.5, 0.6) is 0 Å². The van der Waals surface area contributed by atoms with E-state index < -0.39 is 5.66 Å². The second-order valence-electron chi connectivity index (χ2n) is 7.16. The Morgan fingerprint density at radius 2 is 1.87 bits per heavy atom. The van der Waals surface area contributed by atoms with E-state index in [0.717, 1.165) is 41.2 Å². The number of ether oxygens (including phenoxy) is 1. The molecule has 0 aliphatic carbocycles. The largest absolute Gasteiger partial charge is 0.493 e. The molecule has 2 heterocycles. The maximum Gasteiger partial charge on any atom is 0.255 e. The van der Waals surface area contributed by atoms with Crippen molar-refractivity contribution in [1.82, 2.24) is 9.80 Å². The number of aldehydes is 1. The number of hydrogen-bond donors (Lipinski definition) is 0. The zero-order chi connectivity index (χ0) is 21.7. The molecule has 0 N–H and O–H groups in total. The molecule has 2 aromatic rings. The number of fused-ring (bicyclic) bond motifs is 2. The molecule has 0 radical (unpaired) electrons. The van der Waals surface area contributed by atoms with E-state index in [1.807, 2.05) is 47.4 Å². The Bertz CT molecular complexity index is 971. The molecule has 0 bridgehead atoms. The normalized spacial score (nSPS) is 20.6. The standard InChI is InChI=1S/C18H17ClN2O.C6H8O2/c1-20-10-11-21-17(22)16-5-3-2-4-13(16)12-18(20,21)14-6-8-15(19)9-7-14;1-3-4-6(5-7)8-2/h2-9H,10-12H2,1H3;3-5H,1H2,2H3/b;6-4-. The average molecular weight is 425 g/mol. The highest BCUT2D eigenvalue weighted by atomic mass is 35.5. The molecule has 6 heteroatoms. The molecular formula is C24H25ClN2O3. The number of hydrogen-bond acceptors (Lipinski definition) is 4. The number of nitrogens with zero attached hydrogens (tertiary/aromatic N) is 2. The molecular weight excluding hydrogens is 400 g/mol. The van der Waals surface area contributed by atoms with Gasteiger partial charge < -0.3 is 9.64 Å². The average Bonchev–Trinajstić information content (AvgIpc) is 3.10. The summed E-state index contributed by atoms with van der Waals surface area (Å²) in [5.74, 6) is 0.418. The quantitative estimate of drug-likeness (QED) is 0.322. The molecule has 30 heavy (non-hydrogen) atoms. The molecule has 5 nitrogen and oxygen atoms in total. The van der Waals surface area contributed by atoms with Crippen LogP contribution in [-0.2, 0) is 21.6 Å². The minimum absolute atomic E-state index is 0.126. The van der Waals surface area contributed by atoms with Gasteiger partial charge in [-0.2, -0.15) is 0 Å². The van der Waals surface area contributed by atoms with E-state index in [-0.39, 0.29) is 5.91 Å². The molecule has 1 fully saturated rings. The molecule has 0 spiro atoms. The smallest absolute Gasteiger partial charge is 0.255 e. The summed E-state index contributed by atoms with van der Waals surface area (Å²) in [5, 5.41) is 0.717. The highest BCUT2D eigenvalue weighted by Gasteiger charge is 2.52. The van der Waals surface area contributed by atoms with E-state index in [2.05, 4.69) is 29.3 Å². The van der Waals surface area contributed by atoms with Gasteiger partial charge in [0.05, 0.1) is 7.11 Å². The van der Waals surface area contributed by atoms with Crippen LogP contribution < -0.4 is 0 Å². The van der Waals surface area contributed by atoms with Crippen LogP contribution in [0.1, 0.15) is 21.5 Å². The Morgan fingerprint density at radius 1 is 1.17 bits per heavy atom. The Kier molecular flexibility index (Phi) is 6.75. The first-order chi connectivity index (χ1) is 14.5. The highest BCUT2D eigenvalue weighted by molar-refractivity contribution is 6.30. The zero-order valence-corrected chi connectivity index (χ0v) is 17.9. The number of halogens is 1. The molecule has 156 valence electrons. The van der Waals surface area contributed by atoms with Gasteiger partial charge in [0.2, 0.25) is 0 Å². The molecule has 1 unspecified atom stereocenters. The predicted molar refractivity (Wildman–Crippen MR) is 118 cm³/mol. The van der Waals surface area contributed by atoms with E-state index in [1.54, 1.807) is 0 Å². The molecule has 1 amide bonds. The van der Waals surface area contributed by atoms with Gasteiger partial charge in [-0.1, -0.05) is 54.6 Å². The van der Waals surface area contributed by atoms with Gasteiger partial charge in [-0.25, -0.2) is 0 Å². The number of benzene rings is 2. The SMILES string of the molecule is C=C/C=C(/C=O)OC.CN1CCN2C(=O)c3ccccc3CC12c1ccc(Cl)cc1. The molecule has 4 rings (SSSR count). The highest BCUT2D eigenvalue weighted by Crippen LogP contribution is 2.43. The van der Waals surface area contributed by atoms with Gasteiger partial charge in [0.1, 0.15) is 5.66 Å². The molecule has 2 aliphatic rings. The van der Waals surface area contributed by atoms with Crippen molar-refractivity contribution in [2.45, 2.75) is 12.1 Å². The van der Waals surface area contributed by atoms with Crippen LogP contribution in [0, 0.1) is 0 Å². The van der Waals surface area contributed by atoms with Gasteiger partial charge in [-0.3, -0.25) is 14.5 Å². The van der Waals surface area contributed by atoms with Gasteiger partial charge in [0.15, 0.2) is 12.0 Å². The monoisotopic (exact) mass is 424 g/mol. The molecule has 1 saturated heterocycles. The lowest BCUT2D eigenvalue weighted by molar-refractivity contribution is -0.107. The van der Waals surface area contributed by atoms with Gasteiger partial charge in [0.25, 0.3) is 5.91 Å². The van der Waals surface area contributed by atoms with Crippen molar-refractivity contribution in [2.75, 3.05) is 27.2 Å². The van der Waals surface area contributed by atoms with Crippen LogP contribution in [0.2, 0.25) is 5.02 Å². The predicted octanol–water partition coefficient (Wildman–Crippen LogP) is 4.04. The van der Waals surface area contributed by atoms with Gasteiger partial charge in [-0.15, -0.1) is 0 Å². The molecule has 2 aliphatic heterocycles. The van der Waals surface area contributed by atoms with Crippen LogP contribution in [0.25, 0.3) is 0 Å². The fourth-order valence-electron chi connectivity index (χ4n) is 4.09. The first-order valence-corrected chi connectivity index (χ1v) is 10.0. The number of rotatable bonds is 4. The van der Waals surface area contributed by atoms with Crippen LogP contribution in [0.3, 0.4) is 0 Å². The number of carbonyl (C=O) groups excluding carboxylic acids is 2. The Balaban J connectivity index is 0.000000275. The summed E-state index contributed by atoms with van der Waals surface area (Å²) in [5.41, 5.74) is 2.69. The van der Waals surface area contributed by atoms with E-state index in [4.69, 9.17) is 11.6 Å². The number of carbonyl (C=O) groups is 2. The number of amides is 1. The fraction of sp³-hybridized carbons (Fsp3) is 0.250. The summed E-state index contributed by atoms with van der Waals surface area (Å²) >= 11 is 6.04. The lowest BCUT2D eigenvalue weighted by atomic mass is 9.84. The maximum absolute atomic E-state index is 13.0. The minimum atomic E-state index is -0.393. The van der Waals surface area contributed by atoms with E-state index in [1.165, 1.54) is 19.3 Å². The van der Waals surface area contributed by atoms with E-state index in [9.17, 15) is 9.59 Å². The maximum atomic E-state index is 13.0. The molecule has 0 aromatic heterocycles. The van der Waals surface area contributed by atoms with Crippen molar-refractivity contribution in [3.63, 3.8) is 0 Å². The molecule has 0 saturated carbocycles. The Morgan fingerprint density at radius 3 is 2.47 bits per heavy atom. The lowest BCUT2D eigenvalue weighted by Gasteiger charge is -2.46. The van der Waals surface area contributed by atoms with Crippen LogP contribution in [0.15, 0.2) is 73.0 Å². The van der Waals surface area contributed by atoms with Crippen LogP contribution in [-0.4, -0.2) is 49.2 Å². The second kappa shape index (κ2) is 9.28. The lowest BCUT2D eigenvalue weighted by Crippen LogP contribution is -2.56. The van der Waals surface area contributed by atoms with Crippen molar-refractivity contribution >= 4 is 23.8 Å². The van der Waals surface area contributed by atoms with Gasteiger partial charge in [-0.05, 0) is 42.4 Å². The number of methoxy groups -OCH3 is 1. The zero-order valence-electron chi connectivity index (χ0n) is 17.2. The van der Waals surface area contributed by atoms with Crippen molar-refractivity contribution in [3.8, 4) is 0 Å². The Labute approximate surface area is 182 Å². The van der Waals surface area contributed by atoms with Gasteiger partial charge in [0, 0.05) is 30.1 Å². The van der Waals surface area contributed by atoms with Crippen molar-refractivity contribution in [3.05, 3.63) is 94.7 Å². The van der Waals surface area contributed by atoms with Crippen LogP contribution >= 0.6 is 11.6 Å². The number of allylic oxidation sites excluding steroid dienone is 3. The molecule has 2 aromatic carbocycles. The summed E-state index contributed by atoms with van der Waals surface area (Å²) in [6.45, 7) is 5.01. The Hall–Kier alpha value is -2.89. The summed E-state index contributed by atoms with van der Waals surface area (Å²) in [6, 6.07) is 15.8. The third-order valence-electron chi connectivity index (χ3n) is 5.61. The van der Waals surface area contributed by atoms with Crippen molar-refractivity contribution < 1.29 is 14.3 Å². The molecule has 1 atom stereocenters. The summed E-state index contributed by atoms with van der Waals surface area (Å²) in [7, 11) is 3.53. The van der Waals surface area contributed by atoms with Gasteiger partial charge >= 0.3 is 0 Å².